The van der Waals surface area contributed by atoms with E-state index in [1.807, 2.05) is 0 Å². The maximum atomic E-state index is 3.59. The van der Waals surface area contributed by atoms with Crippen LogP contribution in [0.15, 0.2) is 18.2 Å². The third-order valence-corrected chi connectivity index (χ3v) is 7.60. The van der Waals surface area contributed by atoms with E-state index in [0.717, 1.165) is 137 Å². The van der Waals surface area contributed by atoms with Crippen LogP contribution in [-0.2, 0) is 19.6 Å². The molecule has 204 valence electrons. The first kappa shape index (κ1) is 27.9. The maximum absolute atomic E-state index is 3.59. The molecule has 3 heterocycles. The third-order valence-electron chi connectivity index (χ3n) is 7.60. The second kappa shape index (κ2) is 16.7. The van der Waals surface area contributed by atoms with Gasteiger partial charge in [-0.3, -0.25) is 14.7 Å². The van der Waals surface area contributed by atoms with E-state index in [2.05, 4.69) is 64.8 Å². The molecule has 0 atom stereocenters. The maximum Gasteiger partial charge on any atom is 0.0241 e. The summed E-state index contributed by atoms with van der Waals surface area (Å²) in [4.78, 5) is 7.91. The molecule has 0 amide bonds. The van der Waals surface area contributed by atoms with Crippen molar-refractivity contribution in [1.82, 2.24) is 46.6 Å². The lowest BCUT2D eigenvalue weighted by Crippen LogP contribution is -2.37. The van der Waals surface area contributed by atoms with Crippen LogP contribution < -0.4 is 31.9 Å². The van der Waals surface area contributed by atoms with Gasteiger partial charge in [-0.05, 0) is 16.7 Å². The van der Waals surface area contributed by atoms with E-state index in [-0.39, 0.29) is 0 Å². The van der Waals surface area contributed by atoms with Crippen molar-refractivity contribution >= 4 is 0 Å². The van der Waals surface area contributed by atoms with Crippen molar-refractivity contribution in [3.63, 3.8) is 0 Å². The molecule has 0 aromatic heterocycles. The first-order valence-corrected chi connectivity index (χ1v) is 14.4. The normalized spacial score (nSPS) is 23.7. The first-order valence-electron chi connectivity index (χ1n) is 14.4. The van der Waals surface area contributed by atoms with Gasteiger partial charge in [-0.1, -0.05) is 18.2 Å². The summed E-state index contributed by atoms with van der Waals surface area (Å²) >= 11 is 0. The molecule has 3 aliphatic rings. The lowest BCUT2D eigenvalue weighted by molar-refractivity contribution is 0.250. The highest BCUT2D eigenvalue weighted by Crippen LogP contribution is 2.21. The average molecular weight is 502 g/mol. The summed E-state index contributed by atoms with van der Waals surface area (Å²) in [5, 5.41) is 21.5. The van der Waals surface area contributed by atoms with Crippen LogP contribution in [0.4, 0.5) is 0 Å². The molecule has 1 aromatic rings. The van der Waals surface area contributed by atoms with Crippen LogP contribution in [0.25, 0.3) is 0 Å². The summed E-state index contributed by atoms with van der Waals surface area (Å²) < 4.78 is 0. The second-order valence-electron chi connectivity index (χ2n) is 10.4. The summed E-state index contributed by atoms with van der Waals surface area (Å²) in [6, 6.07) is 7.08. The molecule has 0 radical (unpaired) electrons. The smallest absolute Gasteiger partial charge is 0.0241 e. The molecule has 36 heavy (non-hydrogen) atoms. The molecule has 3 fully saturated rings. The van der Waals surface area contributed by atoms with Gasteiger partial charge in [0.1, 0.15) is 0 Å². The Bertz CT molecular complexity index is 657. The van der Waals surface area contributed by atoms with Crippen molar-refractivity contribution in [2.75, 3.05) is 118 Å². The molecular formula is C27H51N9. The van der Waals surface area contributed by atoms with Crippen LogP contribution in [0.5, 0.6) is 0 Å². The highest BCUT2D eigenvalue weighted by Gasteiger charge is 2.18. The van der Waals surface area contributed by atoms with Crippen LogP contribution >= 0.6 is 0 Å². The minimum atomic E-state index is 1.03. The Morgan fingerprint density at radius 2 is 0.722 bits per heavy atom. The first-order chi connectivity index (χ1) is 17.9. The summed E-state index contributed by atoms with van der Waals surface area (Å²) in [5.74, 6) is 0. The van der Waals surface area contributed by atoms with Gasteiger partial charge in [0, 0.05) is 137 Å². The molecule has 1 aromatic carbocycles. The van der Waals surface area contributed by atoms with Crippen LogP contribution in [-0.4, -0.2) is 133 Å². The Labute approximate surface area is 219 Å². The summed E-state index contributed by atoms with van der Waals surface area (Å²) in [6.07, 6.45) is 0. The highest BCUT2D eigenvalue weighted by molar-refractivity contribution is 5.35. The van der Waals surface area contributed by atoms with Gasteiger partial charge in [-0.15, -0.1) is 0 Å². The molecule has 0 aliphatic carbocycles. The Kier molecular flexibility index (Phi) is 12.9. The van der Waals surface area contributed by atoms with E-state index in [0.29, 0.717) is 0 Å². The lowest BCUT2D eigenvalue weighted by atomic mass is 9.98. The topological polar surface area (TPSA) is 81.9 Å². The monoisotopic (exact) mass is 501 g/mol. The van der Waals surface area contributed by atoms with Crippen LogP contribution in [0, 0.1) is 0 Å². The summed E-state index contributed by atoms with van der Waals surface area (Å²) in [6.45, 7) is 22.4. The minimum Gasteiger partial charge on any atom is -0.314 e. The Morgan fingerprint density at radius 1 is 0.417 bits per heavy atom. The molecule has 9 heteroatoms. The lowest BCUT2D eigenvalue weighted by Gasteiger charge is -2.29. The zero-order valence-electron chi connectivity index (χ0n) is 22.4. The van der Waals surface area contributed by atoms with Crippen molar-refractivity contribution in [2.45, 2.75) is 19.6 Å². The van der Waals surface area contributed by atoms with Gasteiger partial charge >= 0.3 is 0 Å². The van der Waals surface area contributed by atoms with Crippen LogP contribution in [0.1, 0.15) is 16.7 Å². The SMILES string of the molecule is c1cc(CN2CCNCCNCC2)c(CN2CCNCCNCC2)c(CN2CCNCCNCC2)c1. The fourth-order valence-electron chi connectivity index (χ4n) is 5.41. The van der Waals surface area contributed by atoms with E-state index in [1.165, 1.54) is 11.1 Å². The third kappa shape index (κ3) is 9.96. The predicted molar refractivity (Wildman–Crippen MR) is 149 cm³/mol. The number of rotatable bonds is 6. The number of benzene rings is 1. The van der Waals surface area contributed by atoms with Gasteiger partial charge in [0.2, 0.25) is 0 Å². The Hall–Kier alpha value is -1.14. The van der Waals surface area contributed by atoms with Crippen molar-refractivity contribution in [2.24, 2.45) is 0 Å². The molecule has 4 rings (SSSR count). The fourth-order valence-corrected chi connectivity index (χ4v) is 5.41. The summed E-state index contributed by atoms with van der Waals surface area (Å²) in [5.41, 5.74) is 4.57. The van der Waals surface area contributed by atoms with Crippen molar-refractivity contribution in [1.29, 1.82) is 0 Å². The van der Waals surface area contributed by atoms with Gasteiger partial charge in [-0.2, -0.15) is 0 Å². The minimum absolute atomic E-state index is 1.03. The standard InChI is InChI=1S/C27H51N9/c1-2-25(22-34-16-10-28-4-5-29-11-17-34)27(24-36-20-14-32-8-9-33-15-21-36)26(3-1)23-35-18-12-30-6-7-31-13-19-35/h1-3,28-33H,4-24H2. The largest absolute Gasteiger partial charge is 0.314 e. The van der Waals surface area contributed by atoms with Crippen LogP contribution in [0.2, 0.25) is 0 Å². The van der Waals surface area contributed by atoms with Gasteiger partial charge in [-0.25, -0.2) is 0 Å². The van der Waals surface area contributed by atoms with Gasteiger partial charge in [0.25, 0.3) is 0 Å². The molecule has 0 saturated carbocycles. The second-order valence-corrected chi connectivity index (χ2v) is 10.4. The molecule has 9 nitrogen and oxygen atoms in total. The van der Waals surface area contributed by atoms with E-state index >= 15 is 0 Å². The number of nitrogens with zero attached hydrogens (tertiary/aromatic N) is 3. The molecule has 0 bridgehead atoms. The zero-order valence-corrected chi connectivity index (χ0v) is 22.4. The fraction of sp³-hybridized carbons (Fsp3) is 0.778. The average Bonchev–Trinajstić information content (AvgIpc) is 3.17. The molecular weight excluding hydrogens is 450 g/mol. The zero-order chi connectivity index (χ0) is 24.7. The van der Waals surface area contributed by atoms with Crippen LogP contribution in [0.3, 0.4) is 0 Å². The highest BCUT2D eigenvalue weighted by atomic mass is 15.2. The molecule has 3 saturated heterocycles. The molecule has 3 aliphatic heterocycles. The number of hydrogen-bond donors (Lipinski definition) is 6. The van der Waals surface area contributed by atoms with Crippen molar-refractivity contribution in [3.05, 3.63) is 34.9 Å². The van der Waals surface area contributed by atoms with E-state index in [1.54, 1.807) is 5.56 Å². The Morgan fingerprint density at radius 3 is 1.06 bits per heavy atom. The molecule has 0 spiro atoms. The van der Waals surface area contributed by atoms with Crippen molar-refractivity contribution < 1.29 is 0 Å². The predicted octanol–water partition coefficient (Wildman–Crippen LogP) is -1.33. The number of hydrogen-bond acceptors (Lipinski definition) is 9. The number of nitrogens with one attached hydrogen (secondary N) is 6. The van der Waals surface area contributed by atoms with Gasteiger partial charge in [0.05, 0.1) is 0 Å². The van der Waals surface area contributed by atoms with Crippen molar-refractivity contribution in [3.8, 4) is 0 Å². The molecule has 6 N–H and O–H groups in total. The van der Waals surface area contributed by atoms with E-state index < -0.39 is 0 Å². The van der Waals surface area contributed by atoms with E-state index in [4.69, 9.17) is 0 Å². The van der Waals surface area contributed by atoms with E-state index in [9.17, 15) is 0 Å². The van der Waals surface area contributed by atoms with Gasteiger partial charge < -0.3 is 31.9 Å². The quantitative estimate of drug-likeness (QED) is 0.284. The Balaban J connectivity index is 1.52. The summed E-state index contributed by atoms with van der Waals surface area (Å²) in [7, 11) is 0. The van der Waals surface area contributed by atoms with Gasteiger partial charge in [0.15, 0.2) is 0 Å². The molecule has 0 unspecified atom stereocenters.